The van der Waals surface area contributed by atoms with Gasteiger partial charge in [0.05, 0.1) is 6.61 Å². The first-order valence-corrected chi connectivity index (χ1v) is 11.1. The number of ether oxygens (including phenoxy) is 1. The summed E-state index contributed by atoms with van der Waals surface area (Å²) in [6.45, 7) is 2.70. The number of benzene rings is 2. The van der Waals surface area contributed by atoms with Crippen LogP contribution in [-0.2, 0) is 16.1 Å². The maximum absolute atomic E-state index is 14.4. The normalized spacial score (nSPS) is 10.6. The molecule has 0 aliphatic heterocycles. The molecule has 0 atom stereocenters. The Hall–Kier alpha value is -3.82. The van der Waals surface area contributed by atoms with E-state index in [2.05, 4.69) is 20.4 Å². The molecule has 2 N–H and O–H groups in total. The first-order valence-electron chi connectivity index (χ1n) is 11.1. The van der Waals surface area contributed by atoms with E-state index in [9.17, 15) is 9.18 Å². The number of hydrogen-bond acceptors (Lipinski definition) is 7. The second-order valence-corrected chi connectivity index (χ2v) is 8.02. The SMILES string of the molecule is COCc1cc(-c2nc(-c3cnc(NCCCC(=O)O)c(C)c3)no2)ccc1-c1ccccc1F.Cl. The number of pyridine rings is 1. The van der Waals surface area contributed by atoms with E-state index in [0.29, 0.717) is 53.8 Å². The van der Waals surface area contributed by atoms with Gasteiger partial charge in [-0.05, 0) is 54.3 Å². The van der Waals surface area contributed by atoms with Crippen LogP contribution in [0.5, 0.6) is 0 Å². The van der Waals surface area contributed by atoms with Gasteiger partial charge < -0.3 is 19.7 Å². The number of carboxylic acids is 1. The van der Waals surface area contributed by atoms with Gasteiger partial charge in [-0.2, -0.15) is 4.98 Å². The fourth-order valence-electron chi connectivity index (χ4n) is 3.73. The van der Waals surface area contributed by atoms with E-state index in [4.69, 9.17) is 14.4 Å². The molecule has 0 aliphatic rings. The number of aliphatic carboxylic acids is 1. The summed E-state index contributed by atoms with van der Waals surface area (Å²) in [5.41, 5.74) is 4.28. The molecule has 0 fully saturated rings. The van der Waals surface area contributed by atoms with Gasteiger partial charge in [0.15, 0.2) is 0 Å². The number of nitrogens with one attached hydrogen (secondary N) is 1. The average molecular weight is 513 g/mol. The Morgan fingerprint density at radius 3 is 2.67 bits per heavy atom. The number of rotatable bonds is 10. The van der Waals surface area contributed by atoms with Crippen LogP contribution in [0.2, 0.25) is 0 Å². The highest BCUT2D eigenvalue weighted by Crippen LogP contribution is 2.31. The van der Waals surface area contributed by atoms with Crippen molar-refractivity contribution in [2.45, 2.75) is 26.4 Å². The number of carbonyl (C=O) groups is 1. The van der Waals surface area contributed by atoms with Gasteiger partial charge in [-0.25, -0.2) is 9.37 Å². The Labute approximate surface area is 213 Å². The minimum atomic E-state index is -0.823. The summed E-state index contributed by atoms with van der Waals surface area (Å²) in [5, 5.41) is 16.0. The molecule has 2 heterocycles. The van der Waals surface area contributed by atoms with E-state index in [0.717, 1.165) is 16.7 Å². The maximum Gasteiger partial charge on any atom is 0.303 e. The summed E-state index contributed by atoms with van der Waals surface area (Å²) >= 11 is 0. The zero-order valence-corrected chi connectivity index (χ0v) is 20.6. The zero-order chi connectivity index (χ0) is 24.8. The Morgan fingerprint density at radius 2 is 1.94 bits per heavy atom. The van der Waals surface area contributed by atoms with E-state index in [-0.39, 0.29) is 24.6 Å². The standard InChI is InChI=1S/C26H25FN4O4.ClH/c1-16-12-18(14-29-24(16)28-11-5-8-23(32)33)25-30-26(35-31-25)17-9-10-20(19(13-17)15-34-2)21-6-3-4-7-22(21)27;/h3-4,6-7,9-10,12-14H,5,8,11,15H2,1-2H3,(H,28,29)(H,32,33);1H. The molecule has 2 aromatic heterocycles. The van der Waals surface area contributed by atoms with Gasteiger partial charge in [-0.1, -0.05) is 29.4 Å². The molecule has 188 valence electrons. The lowest BCUT2D eigenvalue weighted by Crippen LogP contribution is -2.07. The van der Waals surface area contributed by atoms with Crippen molar-refractivity contribution in [2.24, 2.45) is 0 Å². The first kappa shape index (κ1) is 26.8. The van der Waals surface area contributed by atoms with Crippen LogP contribution in [0.4, 0.5) is 10.2 Å². The fraction of sp³-hybridized carbons (Fsp3) is 0.231. The largest absolute Gasteiger partial charge is 0.481 e. The zero-order valence-electron chi connectivity index (χ0n) is 19.8. The molecule has 0 saturated carbocycles. The summed E-state index contributed by atoms with van der Waals surface area (Å²) < 4.78 is 25.2. The van der Waals surface area contributed by atoms with Crippen molar-refractivity contribution in [1.82, 2.24) is 15.1 Å². The molecule has 0 radical (unpaired) electrons. The molecule has 36 heavy (non-hydrogen) atoms. The quantitative estimate of drug-likeness (QED) is 0.258. The van der Waals surface area contributed by atoms with Crippen LogP contribution in [0.1, 0.15) is 24.0 Å². The highest BCUT2D eigenvalue weighted by Gasteiger charge is 2.16. The summed E-state index contributed by atoms with van der Waals surface area (Å²) in [4.78, 5) is 19.6. The van der Waals surface area contributed by atoms with Crippen molar-refractivity contribution >= 4 is 24.2 Å². The molecule has 0 unspecified atom stereocenters. The minimum Gasteiger partial charge on any atom is -0.481 e. The van der Waals surface area contributed by atoms with Gasteiger partial charge in [0.2, 0.25) is 5.82 Å². The predicted molar refractivity (Wildman–Crippen MR) is 136 cm³/mol. The van der Waals surface area contributed by atoms with Gasteiger partial charge in [-0.15, -0.1) is 12.4 Å². The molecule has 4 aromatic rings. The van der Waals surface area contributed by atoms with Crippen molar-refractivity contribution < 1.29 is 23.6 Å². The number of halogens is 2. The average Bonchev–Trinajstić information content (AvgIpc) is 3.34. The molecule has 0 bridgehead atoms. The smallest absolute Gasteiger partial charge is 0.303 e. The van der Waals surface area contributed by atoms with Gasteiger partial charge >= 0.3 is 5.97 Å². The second kappa shape index (κ2) is 12.2. The summed E-state index contributed by atoms with van der Waals surface area (Å²) in [6.07, 6.45) is 2.25. The van der Waals surface area contributed by atoms with Crippen molar-refractivity contribution in [3.63, 3.8) is 0 Å². The Balaban J connectivity index is 0.00000361. The lowest BCUT2D eigenvalue weighted by atomic mass is 9.97. The van der Waals surface area contributed by atoms with Gasteiger partial charge in [0.25, 0.3) is 5.89 Å². The van der Waals surface area contributed by atoms with Crippen LogP contribution < -0.4 is 5.32 Å². The molecule has 0 aliphatic carbocycles. The minimum absolute atomic E-state index is 0. The topological polar surface area (TPSA) is 110 Å². The number of carboxylic acid groups (broad SMARTS) is 1. The number of methoxy groups -OCH3 is 1. The second-order valence-electron chi connectivity index (χ2n) is 8.02. The Bertz CT molecular complexity index is 1350. The van der Waals surface area contributed by atoms with E-state index < -0.39 is 5.97 Å². The molecular formula is C26H26ClFN4O4. The lowest BCUT2D eigenvalue weighted by molar-refractivity contribution is -0.137. The van der Waals surface area contributed by atoms with E-state index in [1.165, 1.54) is 6.07 Å². The first-order chi connectivity index (χ1) is 17.0. The highest BCUT2D eigenvalue weighted by atomic mass is 35.5. The van der Waals surface area contributed by atoms with Crippen molar-refractivity contribution in [3.05, 3.63) is 71.7 Å². The van der Waals surface area contributed by atoms with Crippen LogP contribution in [0, 0.1) is 12.7 Å². The number of nitrogens with zero attached hydrogens (tertiary/aromatic N) is 3. The molecule has 0 spiro atoms. The van der Waals surface area contributed by atoms with Gasteiger partial charge in [-0.3, -0.25) is 4.79 Å². The van der Waals surface area contributed by atoms with Crippen LogP contribution in [0.3, 0.4) is 0 Å². The molecule has 0 amide bonds. The fourth-order valence-corrected chi connectivity index (χ4v) is 3.73. The van der Waals surface area contributed by atoms with Crippen LogP contribution in [0.25, 0.3) is 34.0 Å². The van der Waals surface area contributed by atoms with Crippen molar-refractivity contribution in [3.8, 4) is 34.0 Å². The monoisotopic (exact) mass is 512 g/mol. The lowest BCUT2D eigenvalue weighted by Gasteiger charge is -2.11. The maximum atomic E-state index is 14.4. The molecule has 0 saturated heterocycles. The Kier molecular flexibility index (Phi) is 9.10. The van der Waals surface area contributed by atoms with E-state index >= 15 is 0 Å². The molecule has 2 aromatic carbocycles. The van der Waals surface area contributed by atoms with Crippen LogP contribution in [-0.4, -0.2) is 39.9 Å². The van der Waals surface area contributed by atoms with E-state index in [1.807, 2.05) is 31.2 Å². The van der Waals surface area contributed by atoms with Gasteiger partial charge in [0.1, 0.15) is 11.6 Å². The summed E-state index contributed by atoms with van der Waals surface area (Å²) in [5.74, 6) is 0.262. The third-order valence-corrected chi connectivity index (χ3v) is 5.44. The number of anilines is 1. The van der Waals surface area contributed by atoms with Crippen LogP contribution in [0.15, 0.2) is 59.3 Å². The van der Waals surface area contributed by atoms with E-state index in [1.54, 1.807) is 31.5 Å². The third kappa shape index (κ3) is 6.24. The van der Waals surface area contributed by atoms with Crippen molar-refractivity contribution in [2.75, 3.05) is 19.0 Å². The molecule has 8 nitrogen and oxygen atoms in total. The number of aryl methyl sites for hydroxylation is 1. The van der Waals surface area contributed by atoms with Crippen LogP contribution >= 0.6 is 12.4 Å². The highest BCUT2D eigenvalue weighted by molar-refractivity contribution is 5.85. The Morgan fingerprint density at radius 1 is 1.14 bits per heavy atom. The molecule has 4 rings (SSSR count). The third-order valence-electron chi connectivity index (χ3n) is 5.44. The summed E-state index contributed by atoms with van der Waals surface area (Å²) in [7, 11) is 1.59. The van der Waals surface area contributed by atoms with Crippen molar-refractivity contribution in [1.29, 1.82) is 0 Å². The number of hydrogen-bond donors (Lipinski definition) is 2. The molecule has 10 heteroatoms. The number of aromatic nitrogens is 3. The van der Waals surface area contributed by atoms with Gasteiger partial charge in [0, 0.05) is 43.0 Å². The summed E-state index contributed by atoms with van der Waals surface area (Å²) in [6, 6.07) is 14.0. The predicted octanol–water partition coefficient (Wildman–Crippen LogP) is 5.76. The molecular weight excluding hydrogens is 487 g/mol.